The number of primary amides is 1. The van der Waals surface area contributed by atoms with Crippen LogP contribution in [-0.2, 0) is 14.3 Å². The van der Waals surface area contributed by atoms with Gasteiger partial charge in [-0.2, -0.15) is 0 Å². The number of carbonyl (C=O) groups is 2. The first kappa shape index (κ1) is 63.5. The number of nitrogens with two attached hydrogens (primary N) is 4. The van der Waals surface area contributed by atoms with Crippen LogP contribution in [0, 0.1) is 11.8 Å². The summed E-state index contributed by atoms with van der Waals surface area (Å²) in [5.74, 6) is 4.97. The first-order valence-corrected chi connectivity index (χ1v) is 34.6. The molecule has 19 heteroatoms. The molecule has 0 spiro atoms. The van der Waals surface area contributed by atoms with Gasteiger partial charge in [-0.05, 0) is 101 Å². The highest BCUT2D eigenvalue weighted by atomic mass is 16.5. The number of nitrogen functional groups attached to an aromatic ring is 3. The zero-order chi connectivity index (χ0) is 68.7. The number of fused-ring (bicyclic) bond motifs is 6. The van der Waals surface area contributed by atoms with Gasteiger partial charge in [0.2, 0.25) is 5.91 Å². The molecule has 0 unspecified atom stereocenters. The summed E-state index contributed by atoms with van der Waals surface area (Å²) in [6.45, 7) is 0. The maximum absolute atomic E-state index is 12.0. The molecular formula is C82H74N16O3. The summed E-state index contributed by atoms with van der Waals surface area (Å²) in [5, 5.41) is 3.23. The van der Waals surface area contributed by atoms with Crippen LogP contribution in [0.2, 0.25) is 0 Å². The maximum Gasteiger partial charge on any atom is 0.308 e. The van der Waals surface area contributed by atoms with Crippen LogP contribution in [0.25, 0.3) is 117 Å². The monoisotopic (exact) mass is 1330 g/mol. The fraction of sp³-hybridized carbons (Fsp3) is 0.207. The van der Waals surface area contributed by atoms with Gasteiger partial charge in [-0.25, -0.2) is 44.9 Å². The van der Waals surface area contributed by atoms with Crippen molar-refractivity contribution in [3.05, 3.63) is 237 Å². The molecule has 8 N–H and O–H groups in total. The molecule has 0 bridgehead atoms. The van der Waals surface area contributed by atoms with Crippen molar-refractivity contribution < 1.29 is 14.3 Å². The van der Waals surface area contributed by atoms with Gasteiger partial charge in [0.1, 0.15) is 68.6 Å². The van der Waals surface area contributed by atoms with E-state index in [0.717, 1.165) is 186 Å². The number of aromatic nitrogens is 12. The van der Waals surface area contributed by atoms with E-state index in [9.17, 15) is 9.59 Å². The number of methoxy groups -OCH3 is 1. The third-order valence-corrected chi connectivity index (χ3v) is 20.5. The Bertz CT molecular complexity index is 5600. The molecule has 9 heterocycles. The van der Waals surface area contributed by atoms with Crippen LogP contribution in [0.15, 0.2) is 219 Å². The van der Waals surface area contributed by atoms with Crippen molar-refractivity contribution in [1.29, 1.82) is 0 Å². The average Bonchev–Trinajstić information content (AvgIpc) is 1.61. The summed E-state index contributed by atoms with van der Waals surface area (Å²) in [4.78, 5) is 66.7. The highest BCUT2D eigenvalue weighted by Gasteiger charge is 2.33. The number of hydrogen-bond donors (Lipinski definition) is 4. The molecule has 6 aromatic carbocycles. The molecule has 0 saturated heterocycles. The lowest BCUT2D eigenvalue weighted by Gasteiger charge is -2.26. The number of rotatable bonds is 11. The number of carbonyl (C=O) groups excluding carboxylic acids is 2. The number of imidazole rings is 3. The molecule has 3 saturated carbocycles. The lowest BCUT2D eigenvalue weighted by Crippen LogP contribution is -2.27. The first-order valence-electron chi connectivity index (χ1n) is 34.6. The molecule has 3 aliphatic carbocycles. The fourth-order valence-corrected chi connectivity index (χ4v) is 14.9. The van der Waals surface area contributed by atoms with E-state index in [-0.39, 0.29) is 35.5 Å². The lowest BCUT2D eigenvalue weighted by molar-refractivity contribution is -0.146. The molecule has 0 atom stereocenters. The molecule has 3 fully saturated rings. The summed E-state index contributed by atoms with van der Waals surface area (Å²) in [6.07, 6.45) is 21.3. The van der Waals surface area contributed by atoms with Crippen molar-refractivity contribution in [3.8, 4) is 67.5 Å². The number of anilines is 3. The molecule has 101 heavy (non-hydrogen) atoms. The number of benzene rings is 6. The molecule has 15 aromatic rings. The van der Waals surface area contributed by atoms with Crippen molar-refractivity contribution in [3.63, 3.8) is 0 Å². The molecule has 500 valence electrons. The van der Waals surface area contributed by atoms with Crippen LogP contribution in [0.3, 0.4) is 0 Å². The predicted molar refractivity (Wildman–Crippen MR) is 398 cm³/mol. The number of pyridine rings is 3. The second kappa shape index (κ2) is 27.2. The number of esters is 1. The Hall–Kier alpha value is -12.3. The molecule has 19 nitrogen and oxygen atoms in total. The first-order chi connectivity index (χ1) is 49.5. The summed E-state index contributed by atoms with van der Waals surface area (Å²) in [7, 11) is 1.46. The number of hydrogen-bond acceptors (Lipinski definition) is 15. The highest BCUT2D eigenvalue weighted by Crippen LogP contribution is 2.43. The summed E-state index contributed by atoms with van der Waals surface area (Å²) in [6, 6.07) is 61.8. The summed E-state index contributed by atoms with van der Waals surface area (Å²) >= 11 is 0. The zero-order valence-electron chi connectivity index (χ0n) is 55.9. The Morgan fingerprint density at radius 3 is 1.00 bits per heavy atom. The number of ether oxygens (including phenoxy) is 1. The van der Waals surface area contributed by atoms with Gasteiger partial charge in [0.05, 0.1) is 46.7 Å². The van der Waals surface area contributed by atoms with Crippen LogP contribution in [0.1, 0.15) is 106 Å². The number of amides is 1. The quantitative estimate of drug-likeness (QED) is 0.0876. The molecular weight excluding hydrogens is 1260 g/mol. The largest absolute Gasteiger partial charge is 0.469 e. The fourth-order valence-electron chi connectivity index (χ4n) is 14.9. The van der Waals surface area contributed by atoms with Gasteiger partial charge < -0.3 is 27.7 Å². The Labute approximate surface area is 582 Å². The maximum atomic E-state index is 12.0. The van der Waals surface area contributed by atoms with E-state index < -0.39 is 0 Å². The van der Waals surface area contributed by atoms with Gasteiger partial charge >= 0.3 is 5.97 Å². The third-order valence-electron chi connectivity index (χ3n) is 20.5. The average molecular weight is 1330 g/mol. The van der Waals surface area contributed by atoms with Crippen LogP contribution < -0.4 is 22.9 Å². The highest BCUT2D eigenvalue weighted by molar-refractivity contribution is 5.95. The van der Waals surface area contributed by atoms with Gasteiger partial charge in [0.15, 0.2) is 0 Å². The minimum Gasteiger partial charge on any atom is -0.469 e. The van der Waals surface area contributed by atoms with Crippen LogP contribution in [0.5, 0.6) is 0 Å². The van der Waals surface area contributed by atoms with Gasteiger partial charge in [0.25, 0.3) is 0 Å². The minimum absolute atomic E-state index is 0.0333. The summed E-state index contributed by atoms with van der Waals surface area (Å²) in [5.41, 5.74) is 41.3. The van der Waals surface area contributed by atoms with Crippen molar-refractivity contribution in [2.24, 2.45) is 17.6 Å². The molecule has 0 radical (unpaired) electrons. The zero-order valence-corrected chi connectivity index (χ0v) is 55.9. The van der Waals surface area contributed by atoms with Crippen molar-refractivity contribution in [2.75, 3.05) is 24.3 Å². The Morgan fingerprint density at radius 2 is 0.693 bits per heavy atom. The number of nitrogens with zero attached hydrogens (tertiary/aromatic N) is 12. The van der Waals surface area contributed by atoms with E-state index in [4.69, 9.17) is 57.6 Å². The second-order valence-corrected chi connectivity index (χ2v) is 26.6. The van der Waals surface area contributed by atoms with Crippen molar-refractivity contribution >= 4 is 78.6 Å². The topological polar surface area (TPSA) is 277 Å². The van der Waals surface area contributed by atoms with E-state index in [0.29, 0.717) is 23.4 Å². The molecule has 3 aliphatic rings. The second-order valence-electron chi connectivity index (χ2n) is 26.6. The lowest BCUT2D eigenvalue weighted by atomic mass is 9.81. The van der Waals surface area contributed by atoms with E-state index in [1.807, 2.05) is 85.3 Å². The molecule has 0 aliphatic heterocycles. The standard InChI is InChI=1S/C29H27N5O2.C28H26N6O.C25H21N5/c1-36-29(35)21-10-8-20(9-11-21)28-33-25(26-27(30)31-15-16-34(26)28)22-12-7-19-13-14-23(32-24(19)17-22)18-5-3-2-4-6-18;29-26-25-24(33-28(34(25)15-14-31-26)20-9-7-19(8-10-20)27(30)35)21-11-6-18-12-13-22(32-23(18)16-21)17-4-2-1-3-5-17;26-24-23-22(29-25(18-7-4-8-18)30(23)14-13-27-24)19-10-9-17-11-12-20(28-21(17)15-19)16-5-2-1-3-6-16/h2-7,12-17,20-21H,8-11H2,1H3,(H2,30,31);1-6,11-16,19-20H,7-10H2,(H2,29,31)(H2,30,35);1-3,5-6,9-15,18H,4,7-8H2,(H2,26,27). The SMILES string of the molecule is COC(=O)C1CCC(c2nc(-c3ccc4ccc(-c5ccccc5)nc4c3)c3c(N)nccn23)CC1.NC(=O)C1CCC(c2nc(-c3ccc4ccc(-c5ccccc5)nc4c3)c3c(N)nccn23)CC1.Nc1nccn2c(C3CCC3)nc(-c3ccc4ccc(-c5ccccc5)nc4c3)c12. The molecule has 1 amide bonds. The van der Waals surface area contributed by atoms with Gasteiger partial charge in [0, 0.05) is 110 Å². The third kappa shape index (κ3) is 12.4. The van der Waals surface area contributed by atoms with E-state index in [1.165, 1.54) is 26.4 Å². The normalized spacial score (nSPS) is 16.9. The van der Waals surface area contributed by atoms with E-state index >= 15 is 0 Å². The Morgan fingerprint density at radius 1 is 0.376 bits per heavy atom. The van der Waals surface area contributed by atoms with E-state index in [2.05, 4.69) is 143 Å². The Balaban J connectivity index is 0.000000118. The van der Waals surface area contributed by atoms with E-state index in [1.54, 1.807) is 18.6 Å². The minimum atomic E-state index is -0.205. The van der Waals surface area contributed by atoms with Crippen LogP contribution >= 0.6 is 0 Å². The smallest absolute Gasteiger partial charge is 0.308 e. The predicted octanol–water partition coefficient (Wildman–Crippen LogP) is 16.1. The van der Waals surface area contributed by atoms with Crippen LogP contribution in [0.4, 0.5) is 17.5 Å². The van der Waals surface area contributed by atoms with Gasteiger partial charge in [-0.3, -0.25) is 22.8 Å². The molecule has 18 rings (SSSR count). The summed E-state index contributed by atoms with van der Waals surface area (Å²) < 4.78 is 11.2. The molecule has 9 aromatic heterocycles. The van der Waals surface area contributed by atoms with Crippen LogP contribution in [-0.4, -0.2) is 77.0 Å². The van der Waals surface area contributed by atoms with Gasteiger partial charge in [-0.1, -0.05) is 152 Å². The Kier molecular flexibility index (Phi) is 17.1. The van der Waals surface area contributed by atoms with Crippen molar-refractivity contribution in [2.45, 2.75) is 88.4 Å². The van der Waals surface area contributed by atoms with Gasteiger partial charge in [-0.15, -0.1) is 0 Å². The van der Waals surface area contributed by atoms with Crippen molar-refractivity contribution in [1.82, 2.24) is 58.1 Å².